The van der Waals surface area contributed by atoms with E-state index in [1.165, 1.54) is 11.3 Å². The molecular formula is C23H23N5O2S. The predicted molar refractivity (Wildman–Crippen MR) is 122 cm³/mol. The lowest BCUT2D eigenvalue weighted by molar-refractivity contribution is -0.116. The lowest BCUT2D eigenvalue weighted by Gasteiger charge is -2.06. The highest BCUT2D eigenvalue weighted by molar-refractivity contribution is 7.15. The summed E-state index contributed by atoms with van der Waals surface area (Å²) in [6, 6.07) is 17.4. The predicted octanol–water partition coefficient (Wildman–Crippen LogP) is 4.04. The zero-order valence-electron chi connectivity index (χ0n) is 17.0. The first kappa shape index (κ1) is 20.9. The van der Waals surface area contributed by atoms with Crippen LogP contribution in [0.25, 0.3) is 10.9 Å². The molecule has 0 aliphatic heterocycles. The highest BCUT2D eigenvalue weighted by atomic mass is 32.1. The number of para-hydroxylation sites is 1. The number of rotatable bonds is 9. The van der Waals surface area contributed by atoms with E-state index < -0.39 is 0 Å². The number of carbonyl (C=O) groups excluding carboxylic acids is 1. The Bertz CT molecular complexity index is 1220. The Kier molecular flexibility index (Phi) is 6.78. The average molecular weight is 434 g/mol. The van der Waals surface area contributed by atoms with E-state index in [4.69, 9.17) is 0 Å². The summed E-state index contributed by atoms with van der Waals surface area (Å²) in [6.45, 7) is 0.595. The Labute approximate surface area is 183 Å². The Morgan fingerprint density at radius 3 is 2.65 bits per heavy atom. The van der Waals surface area contributed by atoms with E-state index in [1.54, 1.807) is 17.0 Å². The molecule has 8 heteroatoms. The van der Waals surface area contributed by atoms with Crippen LogP contribution in [0.4, 0.5) is 5.13 Å². The maximum Gasteiger partial charge on any atom is 0.261 e. The lowest BCUT2D eigenvalue weighted by Crippen LogP contribution is -2.20. The fourth-order valence-corrected chi connectivity index (χ4v) is 4.13. The molecule has 0 bridgehead atoms. The Morgan fingerprint density at radius 2 is 1.77 bits per heavy atom. The van der Waals surface area contributed by atoms with Gasteiger partial charge < -0.3 is 5.32 Å². The molecule has 0 fully saturated rings. The first-order valence-corrected chi connectivity index (χ1v) is 11.1. The second-order valence-corrected chi connectivity index (χ2v) is 8.34. The fourth-order valence-electron chi connectivity index (χ4n) is 3.34. The van der Waals surface area contributed by atoms with Crippen LogP contribution in [0.3, 0.4) is 0 Å². The maximum absolute atomic E-state index is 12.5. The second-order valence-electron chi connectivity index (χ2n) is 7.28. The molecule has 0 radical (unpaired) electrons. The van der Waals surface area contributed by atoms with Crippen molar-refractivity contribution in [3.8, 4) is 0 Å². The molecule has 0 spiro atoms. The smallest absolute Gasteiger partial charge is 0.261 e. The minimum Gasteiger partial charge on any atom is -0.301 e. The molecule has 0 saturated heterocycles. The van der Waals surface area contributed by atoms with Gasteiger partial charge in [0.2, 0.25) is 11.0 Å². The van der Waals surface area contributed by atoms with Gasteiger partial charge in [-0.3, -0.25) is 14.2 Å². The maximum atomic E-state index is 12.5. The summed E-state index contributed by atoms with van der Waals surface area (Å²) in [4.78, 5) is 29.0. The van der Waals surface area contributed by atoms with Crippen molar-refractivity contribution in [3.63, 3.8) is 0 Å². The highest BCUT2D eigenvalue weighted by Crippen LogP contribution is 2.19. The third-order valence-corrected chi connectivity index (χ3v) is 5.78. The first-order chi connectivity index (χ1) is 15.2. The van der Waals surface area contributed by atoms with Crippen molar-refractivity contribution < 1.29 is 4.79 Å². The van der Waals surface area contributed by atoms with Crippen molar-refractivity contribution in [2.24, 2.45) is 0 Å². The number of aromatic nitrogens is 4. The molecule has 2 aromatic heterocycles. The number of carbonyl (C=O) groups is 1. The minimum atomic E-state index is -0.0630. The summed E-state index contributed by atoms with van der Waals surface area (Å²) in [5.74, 6) is -0.0630. The first-order valence-electron chi connectivity index (χ1n) is 10.3. The van der Waals surface area contributed by atoms with Crippen LogP contribution in [0, 0.1) is 0 Å². The van der Waals surface area contributed by atoms with Gasteiger partial charge in [0.15, 0.2) is 0 Å². The topological polar surface area (TPSA) is 89.8 Å². The van der Waals surface area contributed by atoms with Gasteiger partial charge in [0.1, 0.15) is 5.01 Å². The van der Waals surface area contributed by atoms with Gasteiger partial charge >= 0.3 is 0 Å². The molecular weight excluding hydrogens is 410 g/mol. The Hall–Kier alpha value is -3.39. The molecule has 2 aromatic carbocycles. The van der Waals surface area contributed by atoms with E-state index in [0.717, 1.165) is 29.8 Å². The SMILES string of the molecule is O=C(CCCCCn1cnc2ccccc2c1=O)Nc1nnc(Cc2ccccc2)s1. The molecule has 1 N–H and O–H groups in total. The van der Waals surface area contributed by atoms with Crippen molar-refractivity contribution in [2.75, 3.05) is 5.32 Å². The molecule has 0 aliphatic carbocycles. The monoisotopic (exact) mass is 433 g/mol. The molecule has 158 valence electrons. The number of hydrogen-bond acceptors (Lipinski definition) is 6. The number of amides is 1. The van der Waals surface area contributed by atoms with Crippen molar-refractivity contribution >= 4 is 33.3 Å². The van der Waals surface area contributed by atoms with Crippen LogP contribution in [0.5, 0.6) is 0 Å². The van der Waals surface area contributed by atoms with Crippen molar-refractivity contribution in [2.45, 2.75) is 38.6 Å². The molecule has 1 amide bonds. The van der Waals surface area contributed by atoms with Crippen molar-refractivity contribution in [3.05, 3.63) is 81.8 Å². The van der Waals surface area contributed by atoms with Gasteiger partial charge in [-0.05, 0) is 30.5 Å². The van der Waals surface area contributed by atoms with E-state index in [-0.39, 0.29) is 11.5 Å². The highest BCUT2D eigenvalue weighted by Gasteiger charge is 2.09. The van der Waals surface area contributed by atoms with Crippen LogP contribution in [0.1, 0.15) is 36.3 Å². The Morgan fingerprint density at radius 1 is 0.968 bits per heavy atom. The lowest BCUT2D eigenvalue weighted by atomic mass is 10.2. The van der Waals surface area contributed by atoms with E-state index in [9.17, 15) is 9.59 Å². The van der Waals surface area contributed by atoms with Crippen LogP contribution in [-0.2, 0) is 17.8 Å². The number of hydrogen-bond donors (Lipinski definition) is 1. The number of nitrogens with zero attached hydrogens (tertiary/aromatic N) is 4. The fraction of sp³-hybridized carbons (Fsp3) is 0.261. The number of nitrogens with one attached hydrogen (secondary N) is 1. The van der Waals surface area contributed by atoms with Gasteiger partial charge in [-0.2, -0.15) is 0 Å². The third-order valence-electron chi connectivity index (χ3n) is 4.95. The molecule has 2 heterocycles. The summed E-state index contributed by atoms with van der Waals surface area (Å²) in [5, 5.41) is 13.1. The molecule has 0 unspecified atom stereocenters. The molecule has 0 atom stereocenters. The largest absolute Gasteiger partial charge is 0.301 e. The molecule has 0 aliphatic rings. The molecule has 31 heavy (non-hydrogen) atoms. The van der Waals surface area contributed by atoms with Gasteiger partial charge in [-0.25, -0.2) is 4.98 Å². The molecule has 4 aromatic rings. The van der Waals surface area contributed by atoms with Crippen LogP contribution in [0.2, 0.25) is 0 Å². The van der Waals surface area contributed by atoms with E-state index in [1.807, 2.05) is 48.5 Å². The second kappa shape index (κ2) is 10.1. The summed E-state index contributed by atoms with van der Waals surface area (Å²) >= 11 is 1.40. The van der Waals surface area contributed by atoms with Crippen LogP contribution >= 0.6 is 11.3 Å². The van der Waals surface area contributed by atoms with Gasteiger partial charge in [-0.1, -0.05) is 60.2 Å². The minimum absolute atomic E-state index is 0.0223. The van der Waals surface area contributed by atoms with Crippen molar-refractivity contribution in [1.29, 1.82) is 0 Å². The van der Waals surface area contributed by atoms with E-state index in [2.05, 4.69) is 20.5 Å². The standard InChI is InChI=1S/C23H23N5O2S/c29-20(25-23-27-26-21(31-23)15-17-9-3-1-4-10-17)13-5-2-8-14-28-16-24-19-12-7-6-11-18(19)22(28)30/h1,3-4,6-7,9-12,16H,2,5,8,13-15H2,(H,25,27,29). The van der Waals surface area contributed by atoms with E-state index in [0.29, 0.717) is 35.4 Å². The van der Waals surface area contributed by atoms with Crippen LogP contribution in [0.15, 0.2) is 65.7 Å². The quantitative estimate of drug-likeness (QED) is 0.403. The normalized spacial score (nSPS) is 11.0. The van der Waals surface area contributed by atoms with Gasteiger partial charge in [-0.15, -0.1) is 10.2 Å². The van der Waals surface area contributed by atoms with Crippen molar-refractivity contribution in [1.82, 2.24) is 19.7 Å². The summed E-state index contributed by atoms with van der Waals surface area (Å²) in [7, 11) is 0. The zero-order valence-corrected chi connectivity index (χ0v) is 17.8. The van der Waals surface area contributed by atoms with Crippen LogP contribution in [-0.4, -0.2) is 25.7 Å². The van der Waals surface area contributed by atoms with Crippen LogP contribution < -0.4 is 10.9 Å². The number of fused-ring (bicyclic) bond motifs is 1. The number of anilines is 1. The summed E-state index contributed by atoms with van der Waals surface area (Å²) < 4.78 is 1.64. The Balaban J connectivity index is 1.19. The average Bonchev–Trinajstić information content (AvgIpc) is 3.22. The number of unbranched alkanes of at least 4 members (excludes halogenated alkanes) is 2. The molecule has 4 rings (SSSR count). The number of benzene rings is 2. The van der Waals surface area contributed by atoms with E-state index >= 15 is 0 Å². The summed E-state index contributed by atoms with van der Waals surface area (Å²) in [6.07, 6.45) is 5.13. The summed E-state index contributed by atoms with van der Waals surface area (Å²) in [5.41, 5.74) is 1.85. The third kappa shape index (κ3) is 5.61. The number of aryl methyl sites for hydroxylation is 1. The van der Waals surface area contributed by atoms with Gasteiger partial charge in [0.05, 0.1) is 17.2 Å². The van der Waals surface area contributed by atoms with Gasteiger partial charge in [0, 0.05) is 19.4 Å². The molecule has 7 nitrogen and oxygen atoms in total. The molecule has 0 saturated carbocycles. The van der Waals surface area contributed by atoms with Gasteiger partial charge in [0.25, 0.3) is 5.56 Å². The zero-order chi connectivity index (χ0) is 21.5.